The van der Waals surface area contributed by atoms with Gasteiger partial charge in [-0.25, -0.2) is 4.98 Å². The zero-order valence-corrected chi connectivity index (χ0v) is 20.0. The number of benzene rings is 3. The highest BCUT2D eigenvalue weighted by atomic mass is 35.5. The molecular formula is C28H32ClN3. The minimum absolute atomic E-state index is 0.357. The van der Waals surface area contributed by atoms with Crippen molar-refractivity contribution in [1.82, 2.24) is 9.88 Å². The van der Waals surface area contributed by atoms with Gasteiger partial charge in [-0.3, -0.25) is 0 Å². The standard InChI is InChI=1S/C28H32ClN3/c1-4-32(5-2)18-10-11-20(3)30-28-24-17-16-22(29)19-26(24)31-27-23(14-9-15-25(27)28)21-12-7-6-8-13-21/h6-9,12-17,19-20H,4-5,10-11,18H2,1-3H3,(H,30,31). The molecule has 4 rings (SSSR count). The number of hydrogen-bond acceptors (Lipinski definition) is 3. The van der Waals surface area contributed by atoms with E-state index >= 15 is 0 Å². The SMILES string of the molecule is CCN(CC)CCCC(C)Nc1c2ccc(Cl)cc2nc2c(-c3ccccc3)cccc12. The van der Waals surface area contributed by atoms with E-state index in [9.17, 15) is 0 Å². The van der Waals surface area contributed by atoms with Gasteiger partial charge < -0.3 is 10.2 Å². The molecule has 0 aliphatic heterocycles. The van der Waals surface area contributed by atoms with Gasteiger partial charge in [0.25, 0.3) is 0 Å². The van der Waals surface area contributed by atoms with Gasteiger partial charge in [-0.05, 0) is 63.2 Å². The lowest BCUT2D eigenvalue weighted by molar-refractivity contribution is 0.295. The molecular weight excluding hydrogens is 414 g/mol. The van der Waals surface area contributed by atoms with Crippen molar-refractivity contribution in [2.45, 2.75) is 39.7 Å². The maximum Gasteiger partial charge on any atom is 0.0808 e. The first kappa shape index (κ1) is 22.6. The van der Waals surface area contributed by atoms with Gasteiger partial charge in [-0.2, -0.15) is 0 Å². The number of rotatable bonds is 9. The lowest BCUT2D eigenvalue weighted by Gasteiger charge is -2.22. The fourth-order valence-electron chi connectivity index (χ4n) is 4.43. The van der Waals surface area contributed by atoms with Gasteiger partial charge in [-0.15, -0.1) is 0 Å². The molecule has 32 heavy (non-hydrogen) atoms. The Bertz CT molecular complexity index is 1190. The molecule has 4 aromatic rings. The average Bonchev–Trinajstić information content (AvgIpc) is 2.81. The van der Waals surface area contributed by atoms with E-state index in [0.717, 1.165) is 59.1 Å². The molecule has 0 saturated heterocycles. The van der Waals surface area contributed by atoms with Crippen molar-refractivity contribution in [1.29, 1.82) is 0 Å². The van der Waals surface area contributed by atoms with E-state index < -0.39 is 0 Å². The monoisotopic (exact) mass is 445 g/mol. The molecule has 1 aromatic heterocycles. The number of anilines is 1. The lowest BCUT2D eigenvalue weighted by atomic mass is 9.99. The minimum Gasteiger partial charge on any atom is -0.381 e. The largest absolute Gasteiger partial charge is 0.381 e. The van der Waals surface area contributed by atoms with Crippen LogP contribution in [0.2, 0.25) is 5.02 Å². The molecule has 1 heterocycles. The van der Waals surface area contributed by atoms with Gasteiger partial charge in [0, 0.05) is 27.4 Å². The molecule has 0 bridgehead atoms. The van der Waals surface area contributed by atoms with Crippen LogP contribution in [0.25, 0.3) is 32.9 Å². The van der Waals surface area contributed by atoms with E-state index in [4.69, 9.17) is 16.6 Å². The van der Waals surface area contributed by atoms with E-state index in [1.54, 1.807) is 0 Å². The number of para-hydroxylation sites is 1. The van der Waals surface area contributed by atoms with Crippen LogP contribution in [0.1, 0.15) is 33.6 Å². The Labute approximate surface area is 196 Å². The van der Waals surface area contributed by atoms with Crippen LogP contribution >= 0.6 is 11.6 Å². The number of nitrogens with one attached hydrogen (secondary N) is 1. The Kier molecular flexibility index (Phi) is 7.29. The van der Waals surface area contributed by atoms with Crippen LogP contribution in [-0.4, -0.2) is 35.6 Å². The second-order valence-corrected chi connectivity index (χ2v) is 8.87. The molecule has 0 aliphatic carbocycles. The van der Waals surface area contributed by atoms with Crippen molar-refractivity contribution < 1.29 is 0 Å². The van der Waals surface area contributed by atoms with Crippen LogP contribution in [0.5, 0.6) is 0 Å². The highest BCUT2D eigenvalue weighted by molar-refractivity contribution is 6.31. The van der Waals surface area contributed by atoms with E-state index in [2.05, 4.69) is 79.5 Å². The minimum atomic E-state index is 0.357. The first-order valence-electron chi connectivity index (χ1n) is 11.7. The van der Waals surface area contributed by atoms with Crippen LogP contribution < -0.4 is 5.32 Å². The summed E-state index contributed by atoms with van der Waals surface area (Å²) < 4.78 is 0. The molecule has 0 saturated carbocycles. The molecule has 0 radical (unpaired) electrons. The third kappa shape index (κ3) is 4.90. The van der Waals surface area contributed by atoms with Crippen LogP contribution in [0.3, 0.4) is 0 Å². The fraction of sp³-hybridized carbons (Fsp3) is 0.321. The van der Waals surface area contributed by atoms with Crippen LogP contribution in [0.4, 0.5) is 5.69 Å². The summed E-state index contributed by atoms with van der Waals surface area (Å²) in [5, 5.41) is 6.81. The molecule has 1 N–H and O–H groups in total. The first-order valence-corrected chi connectivity index (χ1v) is 12.0. The molecule has 1 atom stereocenters. The third-order valence-electron chi connectivity index (χ3n) is 6.25. The normalized spacial score (nSPS) is 12.5. The molecule has 0 amide bonds. The van der Waals surface area contributed by atoms with E-state index in [-0.39, 0.29) is 0 Å². The van der Waals surface area contributed by atoms with Gasteiger partial charge in [0.05, 0.1) is 16.7 Å². The molecule has 0 spiro atoms. The van der Waals surface area contributed by atoms with Gasteiger partial charge in [0.2, 0.25) is 0 Å². The van der Waals surface area contributed by atoms with Gasteiger partial charge in [-0.1, -0.05) is 74.0 Å². The summed E-state index contributed by atoms with van der Waals surface area (Å²) >= 11 is 6.35. The number of fused-ring (bicyclic) bond motifs is 2. The summed E-state index contributed by atoms with van der Waals surface area (Å²) in [4.78, 5) is 7.54. The molecule has 1 unspecified atom stereocenters. The summed E-state index contributed by atoms with van der Waals surface area (Å²) in [5.41, 5.74) is 5.39. The zero-order chi connectivity index (χ0) is 22.5. The van der Waals surface area contributed by atoms with Crippen molar-refractivity contribution in [3.05, 3.63) is 71.8 Å². The predicted molar refractivity (Wildman–Crippen MR) is 140 cm³/mol. The van der Waals surface area contributed by atoms with E-state index in [0.29, 0.717) is 11.1 Å². The lowest BCUT2D eigenvalue weighted by Crippen LogP contribution is -2.25. The maximum atomic E-state index is 6.35. The number of pyridine rings is 1. The topological polar surface area (TPSA) is 28.2 Å². The quantitative estimate of drug-likeness (QED) is 0.268. The Morgan fingerprint density at radius 1 is 0.938 bits per heavy atom. The number of nitrogens with zero attached hydrogens (tertiary/aromatic N) is 2. The fourth-order valence-corrected chi connectivity index (χ4v) is 4.59. The van der Waals surface area contributed by atoms with Crippen molar-refractivity contribution in [3.8, 4) is 11.1 Å². The predicted octanol–water partition coefficient (Wildman–Crippen LogP) is 7.63. The molecule has 3 nitrogen and oxygen atoms in total. The highest BCUT2D eigenvalue weighted by Crippen LogP contribution is 2.37. The third-order valence-corrected chi connectivity index (χ3v) is 6.48. The maximum absolute atomic E-state index is 6.35. The summed E-state index contributed by atoms with van der Waals surface area (Å²) in [7, 11) is 0. The van der Waals surface area contributed by atoms with Gasteiger partial charge in [0.1, 0.15) is 0 Å². The first-order chi connectivity index (χ1) is 15.6. The smallest absolute Gasteiger partial charge is 0.0808 e. The summed E-state index contributed by atoms with van der Waals surface area (Å²) in [6.07, 6.45) is 2.30. The van der Waals surface area contributed by atoms with Crippen LogP contribution in [0.15, 0.2) is 66.7 Å². The van der Waals surface area contributed by atoms with Gasteiger partial charge >= 0.3 is 0 Å². The summed E-state index contributed by atoms with van der Waals surface area (Å²) in [6, 6.07) is 23.3. The number of hydrogen-bond donors (Lipinski definition) is 1. The summed E-state index contributed by atoms with van der Waals surface area (Å²) in [6.45, 7) is 10.1. The van der Waals surface area contributed by atoms with Crippen molar-refractivity contribution in [2.24, 2.45) is 0 Å². The second-order valence-electron chi connectivity index (χ2n) is 8.43. The van der Waals surface area contributed by atoms with Gasteiger partial charge in [0.15, 0.2) is 0 Å². The van der Waals surface area contributed by atoms with Crippen LogP contribution in [-0.2, 0) is 0 Å². The number of halogens is 1. The van der Waals surface area contributed by atoms with Crippen molar-refractivity contribution >= 4 is 39.1 Å². The van der Waals surface area contributed by atoms with Crippen molar-refractivity contribution in [2.75, 3.05) is 25.0 Å². The van der Waals surface area contributed by atoms with Crippen LogP contribution in [0, 0.1) is 0 Å². The molecule has 0 fully saturated rings. The highest BCUT2D eigenvalue weighted by Gasteiger charge is 2.15. The second kappa shape index (κ2) is 10.3. The van der Waals surface area contributed by atoms with Crippen molar-refractivity contribution in [3.63, 3.8) is 0 Å². The zero-order valence-electron chi connectivity index (χ0n) is 19.2. The van der Waals surface area contributed by atoms with E-state index in [1.807, 2.05) is 18.2 Å². The molecule has 4 heteroatoms. The average molecular weight is 446 g/mol. The van der Waals surface area contributed by atoms with E-state index in [1.165, 1.54) is 12.0 Å². The number of aromatic nitrogens is 1. The Morgan fingerprint density at radius 2 is 1.72 bits per heavy atom. The Morgan fingerprint density at radius 3 is 2.47 bits per heavy atom. The Hall–Kier alpha value is -2.62. The molecule has 3 aromatic carbocycles. The molecule has 166 valence electrons. The molecule has 0 aliphatic rings. The Balaban J connectivity index is 1.74. The summed E-state index contributed by atoms with van der Waals surface area (Å²) in [5.74, 6) is 0.